The minimum absolute atomic E-state index is 0.141. The molecule has 25 heavy (non-hydrogen) atoms. The molecule has 0 aromatic heterocycles. The van der Waals surface area contributed by atoms with Crippen molar-refractivity contribution in [1.29, 1.82) is 0 Å². The predicted octanol–water partition coefficient (Wildman–Crippen LogP) is 3.11. The minimum atomic E-state index is -3.57. The minimum Gasteiger partial charge on any atom is -0.323 e. The largest absolute Gasteiger partial charge is 0.325 e. The molecule has 138 valence electrons. The second kappa shape index (κ2) is 7.86. The Morgan fingerprint density at radius 2 is 1.64 bits per heavy atom. The van der Waals surface area contributed by atoms with Crippen LogP contribution in [0.3, 0.4) is 0 Å². The molecule has 3 amide bonds. The first kappa shape index (κ1) is 19.9. The average molecular weight is 431 g/mol. The van der Waals surface area contributed by atoms with E-state index < -0.39 is 21.4 Å². The lowest BCUT2D eigenvalue weighted by Crippen LogP contribution is -2.47. The van der Waals surface area contributed by atoms with Gasteiger partial charge in [0, 0.05) is 11.0 Å². The van der Waals surface area contributed by atoms with Gasteiger partial charge in [-0.3, -0.25) is 9.69 Å². The number of nitrogens with zero attached hydrogens (tertiary/aromatic N) is 1. The van der Waals surface area contributed by atoms with Crippen molar-refractivity contribution < 1.29 is 18.0 Å². The van der Waals surface area contributed by atoms with Crippen molar-refractivity contribution in [2.24, 2.45) is 0 Å². The zero-order chi connectivity index (χ0) is 18.7. The van der Waals surface area contributed by atoms with Gasteiger partial charge < -0.3 is 5.32 Å². The van der Waals surface area contributed by atoms with Crippen LogP contribution < -0.4 is 5.32 Å². The first-order valence-corrected chi connectivity index (χ1v) is 10.8. The van der Waals surface area contributed by atoms with Gasteiger partial charge in [0.25, 0.3) is 5.91 Å². The van der Waals surface area contributed by atoms with Crippen molar-refractivity contribution in [3.63, 3.8) is 0 Å². The van der Waals surface area contributed by atoms with Crippen molar-refractivity contribution in [2.75, 3.05) is 12.3 Å². The number of halogens is 1. The molecule has 1 heterocycles. The summed E-state index contributed by atoms with van der Waals surface area (Å²) in [5.41, 5.74) is -0.887. The molecule has 1 aliphatic rings. The number of nitrogens with one attached hydrogen (secondary N) is 1. The van der Waals surface area contributed by atoms with Gasteiger partial charge in [-0.2, -0.15) is 0 Å². The Kier molecular flexibility index (Phi) is 6.26. The molecule has 0 aliphatic carbocycles. The summed E-state index contributed by atoms with van der Waals surface area (Å²) < 4.78 is 25.7. The van der Waals surface area contributed by atoms with Crippen LogP contribution in [0.25, 0.3) is 0 Å². The van der Waals surface area contributed by atoms with Crippen LogP contribution in [0.15, 0.2) is 33.6 Å². The third-order valence-corrected chi connectivity index (χ3v) is 6.59. The zero-order valence-electron chi connectivity index (χ0n) is 14.4. The standard InChI is InChI=1S/C17H23BrN2O4S/c1-3-9-17(10-4-2)15(21)20(16(22)19-17)11-12-25(23,24)14-7-5-13(18)6-8-14/h5-8H,3-4,9-12H2,1-2H3,(H,19,22). The van der Waals surface area contributed by atoms with Gasteiger partial charge in [-0.05, 0) is 37.1 Å². The number of carbonyl (C=O) groups excluding carboxylic acids is 2. The highest BCUT2D eigenvalue weighted by atomic mass is 79.9. The fourth-order valence-electron chi connectivity index (χ4n) is 3.17. The van der Waals surface area contributed by atoms with Crippen molar-refractivity contribution in [2.45, 2.75) is 50.0 Å². The van der Waals surface area contributed by atoms with Crippen molar-refractivity contribution in [3.8, 4) is 0 Å². The van der Waals surface area contributed by atoms with E-state index in [0.29, 0.717) is 12.8 Å². The number of carbonyl (C=O) groups is 2. The monoisotopic (exact) mass is 430 g/mol. The lowest BCUT2D eigenvalue weighted by atomic mass is 9.89. The zero-order valence-corrected chi connectivity index (χ0v) is 16.8. The van der Waals surface area contributed by atoms with E-state index in [0.717, 1.165) is 22.2 Å². The fraction of sp³-hybridized carbons (Fsp3) is 0.529. The molecule has 6 nitrogen and oxygen atoms in total. The van der Waals surface area contributed by atoms with Crippen LogP contribution in [0.5, 0.6) is 0 Å². The quantitative estimate of drug-likeness (QED) is 0.642. The molecule has 1 aliphatic heterocycles. The molecule has 0 bridgehead atoms. The number of amides is 3. The van der Waals surface area contributed by atoms with Gasteiger partial charge in [-0.25, -0.2) is 13.2 Å². The normalized spacial score (nSPS) is 17.0. The second-order valence-corrected chi connectivity index (χ2v) is 9.27. The van der Waals surface area contributed by atoms with Crippen molar-refractivity contribution in [1.82, 2.24) is 10.2 Å². The van der Waals surface area contributed by atoms with E-state index in [1.54, 1.807) is 12.1 Å². The summed E-state index contributed by atoms with van der Waals surface area (Å²) in [4.78, 5) is 26.2. The van der Waals surface area contributed by atoms with Gasteiger partial charge in [0.15, 0.2) is 9.84 Å². The highest BCUT2D eigenvalue weighted by molar-refractivity contribution is 9.10. The maximum Gasteiger partial charge on any atom is 0.325 e. The molecule has 1 aromatic carbocycles. The third kappa shape index (κ3) is 4.23. The van der Waals surface area contributed by atoms with E-state index in [2.05, 4.69) is 21.2 Å². The van der Waals surface area contributed by atoms with E-state index in [-0.39, 0.29) is 23.1 Å². The lowest BCUT2D eigenvalue weighted by molar-refractivity contribution is -0.131. The number of urea groups is 1. The van der Waals surface area contributed by atoms with Gasteiger partial charge in [-0.15, -0.1) is 0 Å². The van der Waals surface area contributed by atoms with Crippen molar-refractivity contribution >= 4 is 37.7 Å². The van der Waals surface area contributed by atoms with Gasteiger partial charge in [0.05, 0.1) is 10.6 Å². The molecule has 2 rings (SSSR count). The number of benzene rings is 1. The van der Waals surface area contributed by atoms with E-state index in [1.807, 2.05) is 13.8 Å². The van der Waals surface area contributed by atoms with E-state index in [4.69, 9.17) is 0 Å². The maximum atomic E-state index is 12.8. The smallest absolute Gasteiger partial charge is 0.323 e. The Hall–Kier alpha value is -1.41. The summed E-state index contributed by atoms with van der Waals surface area (Å²) >= 11 is 3.26. The first-order valence-electron chi connectivity index (χ1n) is 8.38. The molecule has 0 spiro atoms. The first-order chi connectivity index (χ1) is 11.8. The Morgan fingerprint density at radius 3 is 2.16 bits per heavy atom. The van der Waals surface area contributed by atoms with Crippen LogP contribution >= 0.6 is 15.9 Å². The summed E-state index contributed by atoms with van der Waals surface area (Å²) in [6.07, 6.45) is 2.64. The highest BCUT2D eigenvalue weighted by Gasteiger charge is 2.49. The molecule has 0 saturated carbocycles. The Balaban J connectivity index is 2.13. The fourth-order valence-corrected chi connectivity index (χ4v) is 4.64. The number of hydrogen-bond acceptors (Lipinski definition) is 4. The van der Waals surface area contributed by atoms with Gasteiger partial charge in [0.2, 0.25) is 0 Å². The molecular formula is C17H23BrN2O4S. The van der Waals surface area contributed by atoms with Gasteiger partial charge >= 0.3 is 6.03 Å². The van der Waals surface area contributed by atoms with E-state index in [1.165, 1.54) is 12.1 Å². The summed E-state index contributed by atoms with van der Waals surface area (Å²) in [7, 11) is -3.57. The van der Waals surface area contributed by atoms with Crippen LogP contribution in [0.1, 0.15) is 39.5 Å². The highest BCUT2D eigenvalue weighted by Crippen LogP contribution is 2.28. The molecule has 1 saturated heterocycles. The number of sulfone groups is 1. The van der Waals surface area contributed by atoms with Crippen LogP contribution in [-0.4, -0.2) is 43.1 Å². The van der Waals surface area contributed by atoms with Crippen LogP contribution in [0, 0.1) is 0 Å². The Morgan fingerprint density at radius 1 is 1.08 bits per heavy atom. The molecule has 1 aromatic rings. The summed E-state index contributed by atoms with van der Waals surface area (Å²) in [6, 6.07) is 5.80. The molecule has 0 atom stereocenters. The second-order valence-electron chi connectivity index (χ2n) is 6.24. The summed E-state index contributed by atoms with van der Waals surface area (Å²) in [6.45, 7) is 3.77. The Labute approximate surface area is 157 Å². The van der Waals surface area contributed by atoms with Crippen LogP contribution in [0.2, 0.25) is 0 Å². The molecule has 1 fully saturated rings. The number of rotatable bonds is 8. The van der Waals surface area contributed by atoms with E-state index >= 15 is 0 Å². The number of imide groups is 1. The Bertz CT molecular complexity index is 740. The van der Waals surface area contributed by atoms with Crippen molar-refractivity contribution in [3.05, 3.63) is 28.7 Å². The molecule has 8 heteroatoms. The number of hydrogen-bond donors (Lipinski definition) is 1. The average Bonchev–Trinajstić information content (AvgIpc) is 2.77. The predicted molar refractivity (Wildman–Crippen MR) is 99.0 cm³/mol. The summed E-state index contributed by atoms with van der Waals surface area (Å²) in [5, 5.41) is 2.79. The lowest BCUT2D eigenvalue weighted by Gasteiger charge is -2.25. The molecule has 1 N–H and O–H groups in total. The van der Waals surface area contributed by atoms with Gasteiger partial charge in [-0.1, -0.05) is 42.6 Å². The molecule has 0 radical (unpaired) electrons. The SMILES string of the molecule is CCCC1(CCC)NC(=O)N(CCS(=O)(=O)c2ccc(Br)cc2)C1=O. The molecular weight excluding hydrogens is 408 g/mol. The van der Waals surface area contributed by atoms with Crippen LogP contribution in [0.4, 0.5) is 4.79 Å². The summed E-state index contributed by atoms with van der Waals surface area (Å²) in [5.74, 6) is -0.602. The van der Waals surface area contributed by atoms with Crippen LogP contribution in [-0.2, 0) is 14.6 Å². The van der Waals surface area contributed by atoms with E-state index in [9.17, 15) is 18.0 Å². The molecule has 0 unspecified atom stereocenters. The third-order valence-electron chi connectivity index (χ3n) is 4.36. The topological polar surface area (TPSA) is 83.6 Å². The van der Waals surface area contributed by atoms with Gasteiger partial charge in [0.1, 0.15) is 5.54 Å². The maximum absolute atomic E-state index is 12.8.